The molecule has 1 saturated heterocycles. The molecule has 132 valence electrons. The fourth-order valence-electron chi connectivity index (χ4n) is 3.14. The van der Waals surface area contributed by atoms with Crippen molar-refractivity contribution in [1.82, 2.24) is 9.80 Å². The van der Waals surface area contributed by atoms with Gasteiger partial charge >= 0.3 is 0 Å². The summed E-state index contributed by atoms with van der Waals surface area (Å²) in [5.41, 5.74) is 1.32. The standard InChI is InChI=1S/C21H26N2O2/c1-2-20(25-19-11-7-4-8-12-19)21(24)23-15-13-22(14-16-23)17-18-9-5-3-6-10-18/h3-12,20H,2,13-17H2,1H3. The number of carbonyl (C=O) groups excluding carboxylic acids is 1. The van der Waals surface area contributed by atoms with Crippen molar-refractivity contribution in [1.29, 1.82) is 0 Å². The summed E-state index contributed by atoms with van der Waals surface area (Å²) in [5, 5.41) is 0. The maximum Gasteiger partial charge on any atom is 0.263 e. The minimum Gasteiger partial charge on any atom is -0.481 e. The Bertz CT molecular complexity index is 652. The molecule has 1 heterocycles. The third kappa shape index (κ3) is 4.83. The third-order valence-corrected chi connectivity index (χ3v) is 4.60. The molecule has 0 aromatic heterocycles. The Kier molecular flexibility index (Phi) is 6.07. The van der Waals surface area contributed by atoms with Gasteiger partial charge in [-0.1, -0.05) is 55.5 Å². The third-order valence-electron chi connectivity index (χ3n) is 4.60. The molecule has 1 aliphatic heterocycles. The van der Waals surface area contributed by atoms with Gasteiger partial charge in [-0.25, -0.2) is 0 Å². The number of ether oxygens (including phenoxy) is 1. The Morgan fingerprint density at radius 2 is 1.56 bits per heavy atom. The van der Waals surface area contributed by atoms with Crippen molar-refractivity contribution in [2.45, 2.75) is 26.0 Å². The topological polar surface area (TPSA) is 32.8 Å². The number of carbonyl (C=O) groups is 1. The zero-order valence-corrected chi connectivity index (χ0v) is 14.8. The molecule has 0 N–H and O–H groups in total. The predicted octanol–water partition coefficient (Wildman–Crippen LogP) is 3.19. The van der Waals surface area contributed by atoms with E-state index in [4.69, 9.17) is 4.74 Å². The van der Waals surface area contributed by atoms with Gasteiger partial charge in [0.1, 0.15) is 5.75 Å². The van der Waals surface area contributed by atoms with Gasteiger partial charge in [0, 0.05) is 32.7 Å². The zero-order chi connectivity index (χ0) is 17.5. The van der Waals surface area contributed by atoms with Gasteiger partial charge in [0.25, 0.3) is 5.91 Å². The van der Waals surface area contributed by atoms with Crippen LogP contribution in [0.15, 0.2) is 60.7 Å². The van der Waals surface area contributed by atoms with E-state index in [1.807, 2.05) is 48.2 Å². The molecule has 25 heavy (non-hydrogen) atoms. The van der Waals surface area contributed by atoms with Crippen molar-refractivity contribution in [3.8, 4) is 5.75 Å². The molecular formula is C21H26N2O2. The molecule has 1 fully saturated rings. The van der Waals surface area contributed by atoms with Crippen molar-refractivity contribution in [2.24, 2.45) is 0 Å². The quantitative estimate of drug-likeness (QED) is 0.811. The molecule has 1 unspecified atom stereocenters. The van der Waals surface area contributed by atoms with E-state index in [0.717, 1.165) is 38.5 Å². The summed E-state index contributed by atoms with van der Waals surface area (Å²) in [6.07, 6.45) is 0.279. The highest BCUT2D eigenvalue weighted by Gasteiger charge is 2.27. The lowest BCUT2D eigenvalue weighted by Crippen LogP contribution is -2.52. The second-order valence-electron chi connectivity index (χ2n) is 6.41. The molecular weight excluding hydrogens is 312 g/mol. The summed E-state index contributed by atoms with van der Waals surface area (Å²) in [6.45, 7) is 6.28. The molecule has 0 bridgehead atoms. The highest BCUT2D eigenvalue weighted by atomic mass is 16.5. The first kappa shape index (κ1) is 17.5. The maximum absolute atomic E-state index is 12.8. The summed E-state index contributed by atoms with van der Waals surface area (Å²) in [4.78, 5) is 17.1. The van der Waals surface area contributed by atoms with E-state index in [1.165, 1.54) is 5.56 Å². The molecule has 2 aromatic rings. The number of nitrogens with zero attached hydrogens (tertiary/aromatic N) is 2. The van der Waals surface area contributed by atoms with Crippen molar-refractivity contribution in [3.63, 3.8) is 0 Å². The molecule has 1 amide bonds. The number of hydrogen-bond acceptors (Lipinski definition) is 3. The van der Waals surface area contributed by atoms with Crippen molar-refractivity contribution in [3.05, 3.63) is 66.2 Å². The van der Waals surface area contributed by atoms with Crippen LogP contribution in [-0.4, -0.2) is 48.0 Å². The Hall–Kier alpha value is -2.33. The lowest BCUT2D eigenvalue weighted by Gasteiger charge is -2.36. The van der Waals surface area contributed by atoms with Crippen LogP contribution >= 0.6 is 0 Å². The summed E-state index contributed by atoms with van der Waals surface area (Å²) >= 11 is 0. The Labute approximate surface area is 150 Å². The second kappa shape index (κ2) is 8.67. The minimum absolute atomic E-state index is 0.103. The molecule has 4 nitrogen and oxygen atoms in total. The number of benzene rings is 2. The predicted molar refractivity (Wildman–Crippen MR) is 99.4 cm³/mol. The molecule has 0 aliphatic carbocycles. The van der Waals surface area contributed by atoms with Gasteiger partial charge in [-0.2, -0.15) is 0 Å². The van der Waals surface area contributed by atoms with E-state index in [0.29, 0.717) is 6.42 Å². The first-order chi connectivity index (χ1) is 12.3. The monoisotopic (exact) mass is 338 g/mol. The van der Waals surface area contributed by atoms with Gasteiger partial charge < -0.3 is 9.64 Å². The lowest BCUT2D eigenvalue weighted by atomic mass is 10.1. The Morgan fingerprint density at radius 1 is 0.960 bits per heavy atom. The van der Waals surface area contributed by atoms with E-state index in [1.54, 1.807) is 0 Å². The van der Waals surface area contributed by atoms with Gasteiger partial charge in [0.15, 0.2) is 6.10 Å². The highest BCUT2D eigenvalue weighted by Crippen LogP contribution is 2.16. The van der Waals surface area contributed by atoms with Gasteiger partial charge in [0.2, 0.25) is 0 Å². The normalized spacial score (nSPS) is 16.4. The van der Waals surface area contributed by atoms with Crippen molar-refractivity contribution in [2.75, 3.05) is 26.2 Å². The average molecular weight is 338 g/mol. The highest BCUT2D eigenvalue weighted by molar-refractivity contribution is 5.81. The van der Waals surface area contributed by atoms with Gasteiger partial charge in [0.05, 0.1) is 0 Å². The van der Waals surface area contributed by atoms with Gasteiger partial charge in [-0.3, -0.25) is 9.69 Å². The minimum atomic E-state index is -0.400. The molecule has 0 spiro atoms. The average Bonchev–Trinajstić information content (AvgIpc) is 2.68. The maximum atomic E-state index is 12.8. The SMILES string of the molecule is CCC(Oc1ccccc1)C(=O)N1CCN(Cc2ccccc2)CC1. The molecule has 2 aromatic carbocycles. The summed E-state index contributed by atoms with van der Waals surface area (Å²) in [6, 6.07) is 20.1. The van der Waals surface area contributed by atoms with E-state index >= 15 is 0 Å². The first-order valence-corrected chi connectivity index (χ1v) is 9.03. The summed E-state index contributed by atoms with van der Waals surface area (Å²) in [7, 11) is 0. The molecule has 1 atom stereocenters. The number of piperazine rings is 1. The smallest absolute Gasteiger partial charge is 0.263 e. The number of rotatable bonds is 6. The van der Waals surface area contributed by atoms with Crippen LogP contribution in [-0.2, 0) is 11.3 Å². The Balaban J connectivity index is 1.51. The van der Waals surface area contributed by atoms with Crippen LogP contribution in [0.5, 0.6) is 5.75 Å². The van der Waals surface area contributed by atoms with Crippen LogP contribution < -0.4 is 4.74 Å². The van der Waals surface area contributed by atoms with Crippen LogP contribution in [0, 0.1) is 0 Å². The van der Waals surface area contributed by atoms with E-state index < -0.39 is 6.10 Å². The van der Waals surface area contributed by atoms with Crippen LogP contribution in [0.3, 0.4) is 0 Å². The van der Waals surface area contributed by atoms with Crippen LogP contribution in [0.1, 0.15) is 18.9 Å². The van der Waals surface area contributed by atoms with Crippen LogP contribution in [0.4, 0.5) is 0 Å². The lowest BCUT2D eigenvalue weighted by molar-refractivity contribution is -0.140. The molecule has 3 rings (SSSR count). The largest absolute Gasteiger partial charge is 0.481 e. The molecule has 0 saturated carbocycles. The van der Waals surface area contributed by atoms with Crippen molar-refractivity contribution < 1.29 is 9.53 Å². The van der Waals surface area contributed by atoms with Crippen molar-refractivity contribution >= 4 is 5.91 Å². The fourth-order valence-corrected chi connectivity index (χ4v) is 3.14. The van der Waals surface area contributed by atoms with Crippen LogP contribution in [0.25, 0.3) is 0 Å². The molecule has 1 aliphatic rings. The van der Waals surface area contributed by atoms with E-state index in [2.05, 4.69) is 29.2 Å². The van der Waals surface area contributed by atoms with Gasteiger partial charge in [-0.05, 0) is 24.1 Å². The Morgan fingerprint density at radius 3 is 2.16 bits per heavy atom. The zero-order valence-electron chi connectivity index (χ0n) is 14.8. The second-order valence-corrected chi connectivity index (χ2v) is 6.41. The van der Waals surface area contributed by atoms with E-state index in [9.17, 15) is 4.79 Å². The molecule has 0 radical (unpaired) electrons. The van der Waals surface area contributed by atoms with E-state index in [-0.39, 0.29) is 5.91 Å². The number of para-hydroxylation sites is 1. The molecule has 4 heteroatoms. The number of amides is 1. The van der Waals surface area contributed by atoms with Gasteiger partial charge in [-0.15, -0.1) is 0 Å². The summed E-state index contributed by atoms with van der Waals surface area (Å²) in [5.74, 6) is 0.858. The fraction of sp³-hybridized carbons (Fsp3) is 0.381. The first-order valence-electron chi connectivity index (χ1n) is 9.03. The van der Waals surface area contributed by atoms with Crippen LogP contribution in [0.2, 0.25) is 0 Å². The number of hydrogen-bond donors (Lipinski definition) is 0. The summed E-state index contributed by atoms with van der Waals surface area (Å²) < 4.78 is 5.90.